The van der Waals surface area contributed by atoms with Gasteiger partial charge < -0.3 is 14.2 Å². The van der Waals surface area contributed by atoms with Gasteiger partial charge >= 0.3 is 17.9 Å². The number of esters is 3. The minimum atomic E-state index is -0.781. The summed E-state index contributed by atoms with van der Waals surface area (Å²) in [6.07, 6.45) is 73.4. The fraction of sp³-hybridized carbons (Fsp3) is 0.762. The summed E-state index contributed by atoms with van der Waals surface area (Å²) in [6, 6.07) is 0. The first-order chi connectivity index (χ1) is 34.0. The highest BCUT2D eigenvalue weighted by Crippen LogP contribution is 2.16. The number of ether oxygens (including phenoxy) is 3. The van der Waals surface area contributed by atoms with E-state index in [1.807, 2.05) is 0 Å². The van der Waals surface area contributed by atoms with Crippen LogP contribution in [0.4, 0.5) is 0 Å². The van der Waals surface area contributed by atoms with Crippen LogP contribution in [0.5, 0.6) is 0 Å². The summed E-state index contributed by atoms with van der Waals surface area (Å²) in [5.41, 5.74) is 0. The van der Waals surface area contributed by atoms with Gasteiger partial charge in [0.05, 0.1) is 0 Å². The second kappa shape index (κ2) is 57.4. The Balaban J connectivity index is 4.18. The molecule has 0 saturated heterocycles. The summed E-state index contributed by atoms with van der Waals surface area (Å²) < 4.78 is 16.8. The van der Waals surface area contributed by atoms with Crippen molar-refractivity contribution < 1.29 is 28.6 Å². The van der Waals surface area contributed by atoms with E-state index in [4.69, 9.17) is 14.2 Å². The van der Waals surface area contributed by atoms with Crippen molar-refractivity contribution >= 4 is 17.9 Å². The molecule has 6 heteroatoms. The topological polar surface area (TPSA) is 78.9 Å². The lowest BCUT2D eigenvalue weighted by Gasteiger charge is -2.18. The number of hydrogen-bond acceptors (Lipinski definition) is 6. The minimum absolute atomic E-state index is 0.0799. The third kappa shape index (κ3) is 55.6. The van der Waals surface area contributed by atoms with Gasteiger partial charge in [0.2, 0.25) is 0 Å². The fourth-order valence-electron chi connectivity index (χ4n) is 8.26. The van der Waals surface area contributed by atoms with E-state index < -0.39 is 6.10 Å². The first-order valence-electron chi connectivity index (χ1n) is 29.4. The van der Waals surface area contributed by atoms with E-state index in [0.29, 0.717) is 19.3 Å². The third-order valence-corrected chi connectivity index (χ3v) is 12.6. The lowest BCUT2D eigenvalue weighted by Crippen LogP contribution is -2.30. The molecule has 0 aromatic rings. The summed E-state index contributed by atoms with van der Waals surface area (Å²) in [6.45, 7) is 6.46. The van der Waals surface area contributed by atoms with Crippen molar-refractivity contribution in [2.75, 3.05) is 13.2 Å². The van der Waals surface area contributed by atoms with E-state index in [1.54, 1.807) is 0 Å². The maximum Gasteiger partial charge on any atom is 0.306 e. The highest BCUT2D eigenvalue weighted by Gasteiger charge is 2.19. The Bertz CT molecular complexity index is 1290. The first kappa shape index (κ1) is 65.8. The molecule has 0 N–H and O–H groups in total. The number of hydrogen-bond donors (Lipinski definition) is 0. The normalized spacial score (nSPS) is 12.6. The molecule has 0 aliphatic heterocycles. The Labute approximate surface area is 427 Å². The number of rotatable bonds is 53. The van der Waals surface area contributed by atoms with Gasteiger partial charge in [-0.05, 0) is 103 Å². The molecule has 398 valence electrons. The Morgan fingerprint density at radius 1 is 0.304 bits per heavy atom. The van der Waals surface area contributed by atoms with E-state index in [1.165, 1.54) is 141 Å². The molecule has 0 fully saturated rings. The van der Waals surface area contributed by atoms with Crippen molar-refractivity contribution in [3.8, 4) is 0 Å². The van der Waals surface area contributed by atoms with Gasteiger partial charge in [-0.15, -0.1) is 0 Å². The molecule has 0 saturated carbocycles. The van der Waals surface area contributed by atoms with Crippen LogP contribution in [0.25, 0.3) is 0 Å². The van der Waals surface area contributed by atoms with Crippen LogP contribution >= 0.6 is 0 Å². The summed E-state index contributed by atoms with van der Waals surface area (Å²) in [4.78, 5) is 38.1. The monoisotopic (exact) mass is 963 g/mol. The minimum Gasteiger partial charge on any atom is -0.462 e. The lowest BCUT2D eigenvalue weighted by molar-refractivity contribution is -0.167. The van der Waals surface area contributed by atoms with Gasteiger partial charge in [-0.1, -0.05) is 241 Å². The highest BCUT2D eigenvalue weighted by atomic mass is 16.6. The third-order valence-electron chi connectivity index (χ3n) is 12.6. The van der Waals surface area contributed by atoms with Crippen LogP contribution in [0.15, 0.2) is 72.9 Å². The molecule has 0 heterocycles. The largest absolute Gasteiger partial charge is 0.462 e. The zero-order valence-corrected chi connectivity index (χ0v) is 45.6. The van der Waals surface area contributed by atoms with Crippen LogP contribution in [0.3, 0.4) is 0 Å². The molecule has 1 unspecified atom stereocenters. The Morgan fingerprint density at radius 2 is 0.594 bits per heavy atom. The fourth-order valence-corrected chi connectivity index (χ4v) is 8.26. The Hall–Kier alpha value is -3.15. The first-order valence-corrected chi connectivity index (χ1v) is 29.4. The van der Waals surface area contributed by atoms with Crippen LogP contribution in [-0.2, 0) is 28.6 Å². The maximum atomic E-state index is 12.8. The predicted molar refractivity (Wildman–Crippen MR) is 298 cm³/mol. The molecule has 6 nitrogen and oxygen atoms in total. The maximum absolute atomic E-state index is 12.8. The molecule has 0 amide bonds. The molecular weight excluding hydrogens is 853 g/mol. The molecule has 0 aromatic heterocycles. The van der Waals surface area contributed by atoms with Crippen molar-refractivity contribution in [3.05, 3.63) is 72.9 Å². The second-order valence-corrected chi connectivity index (χ2v) is 19.5. The van der Waals surface area contributed by atoms with Crippen LogP contribution in [0.2, 0.25) is 0 Å². The van der Waals surface area contributed by atoms with Crippen LogP contribution in [-0.4, -0.2) is 37.2 Å². The molecule has 0 aliphatic carbocycles. The van der Waals surface area contributed by atoms with E-state index in [0.717, 1.165) is 109 Å². The SMILES string of the molecule is CC/C=C\C/C=C\C/C=C\C/C=C\CCCCCCCCCCCCCCCCC(=O)OCC(COC(=O)CCCCCCC/C=C\CCC)OC(=O)CCCCCCC/C=C\CCCCCCC. The molecule has 1 atom stereocenters. The summed E-state index contributed by atoms with van der Waals surface area (Å²) in [7, 11) is 0. The molecule has 0 aromatic carbocycles. The van der Waals surface area contributed by atoms with Crippen molar-refractivity contribution in [3.63, 3.8) is 0 Å². The molecule has 0 spiro atoms. The summed E-state index contributed by atoms with van der Waals surface area (Å²) in [5.74, 6) is -0.892. The predicted octanol–water partition coefficient (Wildman–Crippen LogP) is 19.8. The van der Waals surface area contributed by atoms with Crippen LogP contribution < -0.4 is 0 Å². The zero-order valence-electron chi connectivity index (χ0n) is 45.6. The van der Waals surface area contributed by atoms with E-state index >= 15 is 0 Å². The number of unbranched alkanes of at least 4 members (excludes halogenated alkanes) is 30. The number of allylic oxidation sites excluding steroid dienone is 12. The van der Waals surface area contributed by atoms with Gasteiger partial charge in [0.25, 0.3) is 0 Å². The lowest BCUT2D eigenvalue weighted by atomic mass is 10.0. The molecule has 0 bridgehead atoms. The summed E-state index contributed by atoms with van der Waals surface area (Å²) in [5, 5.41) is 0. The quantitative estimate of drug-likeness (QED) is 0.0262. The van der Waals surface area contributed by atoms with Crippen molar-refractivity contribution in [1.29, 1.82) is 0 Å². The van der Waals surface area contributed by atoms with Gasteiger partial charge in [-0.2, -0.15) is 0 Å². The van der Waals surface area contributed by atoms with E-state index in [9.17, 15) is 14.4 Å². The molecule has 69 heavy (non-hydrogen) atoms. The molecule has 0 radical (unpaired) electrons. The highest BCUT2D eigenvalue weighted by molar-refractivity contribution is 5.71. The Morgan fingerprint density at radius 3 is 0.957 bits per heavy atom. The molecular formula is C63H110O6. The van der Waals surface area contributed by atoms with Crippen LogP contribution in [0, 0.1) is 0 Å². The smallest absolute Gasteiger partial charge is 0.306 e. The summed E-state index contributed by atoms with van der Waals surface area (Å²) >= 11 is 0. The van der Waals surface area contributed by atoms with E-state index in [2.05, 4.69) is 93.7 Å². The van der Waals surface area contributed by atoms with Gasteiger partial charge in [0, 0.05) is 19.3 Å². The van der Waals surface area contributed by atoms with Crippen LogP contribution in [0.1, 0.15) is 290 Å². The Kier molecular flexibility index (Phi) is 54.8. The van der Waals surface area contributed by atoms with E-state index in [-0.39, 0.29) is 31.1 Å². The average molecular weight is 964 g/mol. The number of carbonyl (C=O) groups is 3. The van der Waals surface area contributed by atoms with Gasteiger partial charge in [0.15, 0.2) is 6.10 Å². The van der Waals surface area contributed by atoms with Gasteiger partial charge in [-0.25, -0.2) is 0 Å². The van der Waals surface area contributed by atoms with Gasteiger partial charge in [0.1, 0.15) is 13.2 Å². The molecule has 0 rings (SSSR count). The van der Waals surface area contributed by atoms with Crippen molar-refractivity contribution in [2.45, 2.75) is 297 Å². The number of carbonyl (C=O) groups excluding carboxylic acids is 3. The van der Waals surface area contributed by atoms with Crippen molar-refractivity contribution in [1.82, 2.24) is 0 Å². The van der Waals surface area contributed by atoms with Gasteiger partial charge in [-0.3, -0.25) is 14.4 Å². The van der Waals surface area contributed by atoms with Crippen molar-refractivity contribution in [2.24, 2.45) is 0 Å². The zero-order chi connectivity index (χ0) is 50.0. The second-order valence-electron chi connectivity index (χ2n) is 19.5. The average Bonchev–Trinajstić information content (AvgIpc) is 3.35. The molecule has 0 aliphatic rings. The standard InChI is InChI=1S/C63H110O6/c1-4-7-10-13-16-19-22-24-26-27-28-29-30-31-32-33-34-35-36-37-38-40-41-44-47-50-53-56-62(65)68-59-60(58-67-61(64)55-52-49-46-43-21-18-15-12-9-6-3)69-63(66)57-54-51-48-45-42-39-25-23-20-17-14-11-8-5-2/h7,10,12,15-16,19,23-26,28-29,60H,4-6,8-9,11,13-14,17-18,20-22,27,30-59H2,1-3H3/b10-7-,15-12-,19-16-,25-23-,26-24-,29-28-.